The quantitative estimate of drug-likeness (QED) is 0.742. The molecule has 0 unspecified atom stereocenters. The maximum absolute atomic E-state index is 12.1. The van der Waals surface area contributed by atoms with Gasteiger partial charge in [0.25, 0.3) is 0 Å². The minimum atomic E-state index is -0.299. The van der Waals surface area contributed by atoms with Crippen molar-refractivity contribution in [3.63, 3.8) is 0 Å². The molecule has 5 nitrogen and oxygen atoms in total. The van der Waals surface area contributed by atoms with Gasteiger partial charge in [-0.25, -0.2) is 0 Å². The van der Waals surface area contributed by atoms with Crippen LogP contribution < -0.4 is 5.73 Å². The van der Waals surface area contributed by atoms with E-state index in [0.29, 0.717) is 32.6 Å². The molecule has 126 valence electrons. The summed E-state index contributed by atoms with van der Waals surface area (Å²) in [4.78, 5) is 25.1. The summed E-state index contributed by atoms with van der Waals surface area (Å²) in [6.07, 6.45) is 3.72. The Hall–Kier alpha value is -1.88. The number of carbonyl (C=O) groups excluding carboxylic acids is 2. The van der Waals surface area contributed by atoms with Gasteiger partial charge in [0.15, 0.2) is 0 Å². The van der Waals surface area contributed by atoms with Crippen LogP contribution in [0.15, 0.2) is 30.3 Å². The van der Waals surface area contributed by atoms with Crippen LogP contribution in [-0.4, -0.2) is 43.0 Å². The second-order valence-electron chi connectivity index (χ2n) is 6.03. The molecule has 2 amide bonds. The average Bonchev–Trinajstić information content (AvgIpc) is 2.58. The van der Waals surface area contributed by atoms with Gasteiger partial charge in [-0.3, -0.25) is 9.59 Å². The summed E-state index contributed by atoms with van der Waals surface area (Å²) in [6.45, 7) is 2.47. The minimum Gasteiger partial charge on any atom is -0.381 e. The lowest BCUT2D eigenvalue weighted by atomic mass is 9.97. The monoisotopic (exact) mass is 318 g/mol. The highest BCUT2D eigenvalue weighted by atomic mass is 16.5. The lowest BCUT2D eigenvalue weighted by Crippen LogP contribution is -2.44. The number of rotatable bonds is 8. The molecule has 23 heavy (non-hydrogen) atoms. The molecule has 5 heteroatoms. The number of nitrogens with two attached hydrogens (primary N) is 1. The molecule has 1 aliphatic rings. The van der Waals surface area contributed by atoms with Crippen molar-refractivity contribution in [1.82, 2.24) is 4.90 Å². The molecule has 1 saturated heterocycles. The first-order valence-electron chi connectivity index (χ1n) is 8.35. The van der Waals surface area contributed by atoms with Gasteiger partial charge in [0.1, 0.15) is 0 Å². The molecular weight excluding hydrogens is 292 g/mol. The molecule has 1 atom stereocenters. The predicted molar refractivity (Wildman–Crippen MR) is 88.7 cm³/mol. The van der Waals surface area contributed by atoms with Crippen LogP contribution in [0.1, 0.15) is 31.2 Å². The third kappa shape index (κ3) is 6.02. The van der Waals surface area contributed by atoms with Crippen molar-refractivity contribution in [3.8, 4) is 0 Å². The third-order valence-corrected chi connectivity index (χ3v) is 4.23. The van der Waals surface area contributed by atoms with Crippen molar-refractivity contribution in [2.75, 3.05) is 26.3 Å². The molecule has 0 spiro atoms. The fourth-order valence-electron chi connectivity index (χ4n) is 2.86. The third-order valence-electron chi connectivity index (χ3n) is 4.23. The normalized spacial score (nSPS) is 17.9. The Morgan fingerprint density at radius 2 is 2.00 bits per heavy atom. The number of amides is 2. The van der Waals surface area contributed by atoms with Gasteiger partial charge in [0, 0.05) is 26.1 Å². The zero-order valence-electron chi connectivity index (χ0n) is 13.6. The first kappa shape index (κ1) is 17.5. The molecule has 0 aliphatic carbocycles. The topological polar surface area (TPSA) is 72.6 Å². The van der Waals surface area contributed by atoms with Crippen LogP contribution in [-0.2, 0) is 20.7 Å². The van der Waals surface area contributed by atoms with Gasteiger partial charge in [0.2, 0.25) is 11.8 Å². The number of benzene rings is 1. The van der Waals surface area contributed by atoms with E-state index in [9.17, 15) is 9.59 Å². The fraction of sp³-hybridized carbons (Fsp3) is 0.556. The van der Waals surface area contributed by atoms with Crippen molar-refractivity contribution in [2.24, 2.45) is 11.7 Å². The van der Waals surface area contributed by atoms with E-state index in [1.54, 1.807) is 4.90 Å². The van der Waals surface area contributed by atoms with Crippen LogP contribution >= 0.6 is 0 Å². The molecule has 1 aromatic rings. The first-order valence-corrected chi connectivity index (χ1v) is 8.35. The molecule has 0 aromatic heterocycles. The fourth-order valence-corrected chi connectivity index (χ4v) is 2.86. The number of hydrogen-bond donors (Lipinski definition) is 1. The van der Waals surface area contributed by atoms with Gasteiger partial charge in [-0.05, 0) is 31.2 Å². The molecule has 1 aliphatic heterocycles. The van der Waals surface area contributed by atoms with E-state index in [2.05, 4.69) is 12.1 Å². The van der Waals surface area contributed by atoms with E-state index < -0.39 is 0 Å². The summed E-state index contributed by atoms with van der Waals surface area (Å²) in [5.41, 5.74) is 6.59. The molecule has 0 bridgehead atoms. The van der Waals surface area contributed by atoms with Crippen molar-refractivity contribution >= 4 is 11.8 Å². The molecule has 1 heterocycles. The summed E-state index contributed by atoms with van der Waals surface area (Å²) < 4.78 is 5.59. The van der Waals surface area contributed by atoms with Crippen LogP contribution in [0.3, 0.4) is 0 Å². The van der Waals surface area contributed by atoms with E-state index in [1.807, 2.05) is 18.2 Å². The molecule has 2 rings (SSSR count). The average molecular weight is 318 g/mol. The Bertz CT molecular complexity index is 504. The standard InChI is InChI=1S/C18H26N2O3/c19-18(22)16-8-4-11-20(14-16)17(21)9-5-12-23-13-10-15-6-2-1-3-7-15/h1-3,6-7,16H,4-5,8-14H2,(H2,19,22)/t16-/m0/s1. The zero-order valence-corrected chi connectivity index (χ0v) is 13.6. The van der Waals surface area contributed by atoms with Crippen LogP contribution in [0.5, 0.6) is 0 Å². The Labute approximate surface area is 137 Å². The number of primary amides is 1. The van der Waals surface area contributed by atoms with E-state index in [-0.39, 0.29) is 17.7 Å². The summed E-state index contributed by atoms with van der Waals surface area (Å²) in [5, 5.41) is 0. The van der Waals surface area contributed by atoms with Crippen LogP contribution in [0.25, 0.3) is 0 Å². The van der Waals surface area contributed by atoms with E-state index in [4.69, 9.17) is 10.5 Å². The van der Waals surface area contributed by atoms with E-state index in [1.165, 1.54) is 5.56 Å². The van der Waals surface area contributed by atoms with Crippen molar-refractivity contribution in [2.45, 2.75) is 32.1 Å². The van der Waals surface area contributed by atoms with Gasteiger partial charge in [-0.2, -0.15) is 0 Å². The summed E-state index contributed by atoms with van der Waals surface area (Å²) >= 11 is 0. The predicted octanol–water partition coefficient (Wildman–Crippen LogP) is 1.75. The Morgan fingerprint density at radius 1 is 1.22 bits per heavy atom. The largest absolute Gasteiger partial charge is 0.381 e. The van der Waals surface area contributed by atoms with Gasteiger partial charge in [0.05, 0.1) is 12.5 Å². The van der Waals surface area contributed by atoms with E-state index >= 15 is 0 Å². The highest BCUT2D eigenvalue weighted by Gasteiger charge is 2.26. The lowest BCUT2D eigenvalue weighted by molar-refractivity contribution is -0.135. The summed E-state index contributed by atoms with van der Waals surface area (Å²) in [6, 6.07) is 10.2. The Kier molecular flexibility index (Phi) is 7.07. The molecular formula is C18H26N2O3. The molecule has 0 radical (unpaired) electrons. The number of piperidine rings is 1. The second kappa shape index (κ2) is 9.30. The van der Waals surface area contributed by atoms with Gasteiger partial charge < -0.3 is 15.4 Å². The highest BCUT2D eigenvalue weighted by molar-refractivity contribution is 5.80. The zero-order chi connectivity index (χ0) is 16.5. The summed E-state index contributed by atoms with van der Waals surface area (Å²) in [5.74, 6) is -0.385. The molecule has 0 saturated carbocycles. The van der Waals surface area contributed by atoms with Crippen molar-refractivity contribution in [3.05, 3.63) is 35.9 Å². The number of nitrogens with zero attached hydrogens (tertiary/aromatic N) is 1. The smallest absolute Gasteiger partial charge is 0.222 e. The number of ether oxygens (including phenoxy) is 1. The number of hydrogen-bond acceptors (Lipinski definition) is 3. The van der Waals surface area contributed by atoms with Crippen molar-refractivity contribution < 1.29 is 14.3 Å². The Morgan fingerprint density at radius 3 is 2.74 bits per heavy atom. The van der Waals surface area contributed by atoms with Crippen LogP contribution in [0.4, 0.5) is 0 Å². The molecule has 2 N–H and O–H groups in total. The molecule has 1 fully saturated rings. The molecule has 1 aromatic carbocycles. The van der Waals surface area contributed by atoms with E-state index in [0.717, 1.165) is 25.8 Å². The van der Waals surface area contributed by atoms with Crippen LogP contribution in [0, 0.1) is 5.92 Å². The SMILES string of the molecule is NC(=O)[C@H]1CCCN(C(=O)CCCOCCc2ccccc2)C1. The van der Waals surface area contributed by atoms with Crippen LogP contribution in [0.2, 0.25) is 0 Å². The number of carbonyl (C=O) groups is 2. The van der Waals surface area contributed by atoms with Gasteiger partial charge in [-0.1, -0.05) is 30.3 Å². The van der Waals surface area contributed by atoms with Crippen molar-refractivity contribution in [1.29, 1.82) is 0 Å². The second-order valence-corrected chi connectivity index (χ2v) is 6.03. The Balaban J connectivity index is 1.57. The minimum absolute atomic E-state index is 0.0996. The number of likely N-dealkylation sites (tertiary alicyclic amines) is 1. The van der Waals surface area contributed by atoms with Gasteiger partial charge in [-0.15, -0.1) is 0 Å². The summed E-state index contributed by atoms with van der Waals surface area (Å²) in [7, 11) is 0. The highest BCUT2D eigenvalue weighted by Crippen LogP contribution is 2.17. The lowest BCUT2D eigenvalue weighted by Gasteiger charge is -2.31. The maximum atomic E-state index is 12.1. The van der Waals surface area contributed by atoms with Gasteiger partial charge >= 0.3 is 0 Å². The maximum Gasteiger partial charge on any atom is 0.222 e. The first-order chi connectivity index (χ1) is 11.2.